The van der Waals surface area contributed by atoms with Crippen molar-refractivity contribution in [3.63, 3.8) is 0 Å². The summed E-state index contributed by atoms with van der Waals surface area (Å²) in [5, 5.41) is 18.6. The third kappa shape index (κ3) is 2.40. The Balaban J connectivity index is 1.67. The number of imidazole rings is 1. The molecule has 2 aromatic heterocycles. The van der Waals surface area contributed by atoms with Crippen LogP contribution < -0.4 is 0 Å². The predicted octanol–water partition coefficient (Wildman–Crippen LogP) is 3.01. The van der Waals surface area contributed by atoms with Crippen molar-refractivity contribution >= 4 is 28.6 Å². The number of benzene rings is 2. The van der Waals surface area contributed by atoms with Gasteiger partial charge in [-0.3, -0.25) is 4.40 Å². The highest BCUT2D eigenvalue weighted by Gasteiger charge is 2.14. The third-order valence-electron chi connectivity index (χ3n) is 3.97. The van der Waals surface area contributed by atoms with Gasteiger partial charge in [0, 0.05) is 12.8 Å². The van der Waals surface area contributed by atoms with Gasteiger partial charge in [0.2, 0.25) is 5.78 Å². The average Bonchev–Trinajstić information content (AvgIpc) is 3.14. The van der Waals surface area contributed by atoms with Crippen LogP contribution in [-0.2, 0) is 19.4 Å². The number of aryl methyl sites for hydroxylation is 1. The summed E-state index contributed by atoms with van der Waals surface area (Å²) in [6.07, 6.45) is 0. The molecular formula is C17H16N4OS. The van der Waals surface area contributed by atoms with E-state index in [0.29, 0.717) is 0 Å². The molecule has 5 nitrogen and oxygen atoms in total. The van der Waals surface area contributed by atoms with Crippen molar-refractivity contribution in [2.75, 3.05) is 0 Å². The van der Waals surface area contributed by atoms with Gasteiger partial charge in [-0.15, -0.1) is 10.2 Å². The van der Waals surface area contributed by atoms with Gasteiger partial charge in [-0.2, -0.15) is 0 Å². The van der Waals surface area contributed by atoms with Crippen molar-refractivity contribution in [3.8, 4) is 0 Å². The summed E-state index contributed by atoms with van der Waals surface area (Å²) < 4.78 is 4.16. The highest BCUT2D eigenvalue weighted by atomic mass is 32.2. The van der Waals surface area contributed by atoms with Crippen LogP contribution in [0.3, 0.4) is 0 Å². The molecule has 116 valence electrons. The van der Waals surface area contributed by atoms with Crippen LogP contribution in [0.2, 0.25) is 0 Å². The monoisotopic (exact) mass is 324 g/mol. The summed E-state index contributed by atoms with van der Waals surface area (Å²) in [6, 6.07) is 16.2. The second kappa shape index (κ2) is 5.72. The Kier molecular flexibility index (Phi) is 3.55. The largest absolute Gasteiger partial charge is 0.392 e. The van der Waals surface area contributed by atoms with Crippen LogP contribution >= 0.6 is 11.8 Å². The highest BCUT2D eigenvalue weighted by Crippen LogP contribution is 2.27. The van der Waals surface area contributed by atoms with Crippen molar-refractivity contribution in [1.29, 1.82) is 0 Å². The number of hydrogen-bond acceptors (Lipinski definition) is 4. The molecule has 23 heavy (non-hydrogen) atoms. The van der Waals surface area contributed by atoms with Crippen LogP contribution in [0.4, 0.5) is 0 Å². The fraction of sp³-hybridized carbons (Fsp3) is 0.176. The number of rotatable bonds is 4. The maximum atomic E-state index is 9.10. The van der Waals surface area contributed by atoms with Gasteiger partial charge >= 0.3 is 0 Å². The SMILES string of the molecule is Cn1c2ccccc2n2c(SCc3ccc(CO)cc3)nnc12. The molecule has 1 N–H and O–H groups in total. The summed E-state index contributed by atoms with van der Waals surface area (Å²) in [5.41, 5.74) is 4.39. The van der Waals surface area contributed by atoms with Gasteiger partial charge in [-0.25, -0.2) is 0 Å². The van der Waals surface area contributed by atoms with E-state index in [9.17, 15) is 0 Å². The Morgan fingerprint density at radius 2 is 1.65 bits per heavy atom. The number of thioether (sulfide) groups is 1. The first kappa shape index (κ1) is 14.3. The summed E-state index contributed by atoms with van der Waals surface area (Å²) in [5.74, 6) is 1.67. The van der Waals surface area contributed by atoms with E-state index in [4.69, 9.17) is 5.11 Å². The molecule has 0 bridgehead atoms. The predicted molar refractivity (Wildman–Crippen MR) is 91.4 cm³/mol. The minimum Gasteiger partial charge on any atom is -0.392 e. The first-order chi connectivity index (χ1) is 11.3. The molecule has 4 rings (SSSR count). The standard InChI is InChI=1S/C17H16N4OS/c1-20-14-4-2-3-5-15(14)21-16(20)18-19-17(21)23-11-13-8-6-12(10-22)7-9-13/h2-9,22H,10-11H2,1H3. The number of aromatic nitrogens is 4. The van der Waals surface area contributed by atoms with Crippen molar-refractivity contribution < 1.29 is 5.11 Å². The first-order valence-electron chi connectivity index (χ1n) is 7.38. The van der Waals surface area contributed by atoms with E-state index in [1.165, 1.54) is 5.56 Å². The Morgan fingerprint density at radius 3 is 2.39 bits per heavy atom. The van der Waals surface area contributed by atoms with Crippen LogP contribution in [0.25, 0.3) is 16.8 Å². The van der Waals surface area contributed by atoms with Crippen LogP contribution in [0, 0.1) is 0 Å². The topological polar surface area (TPSA) is 55.4 Å². The van der Waals surface area contributed by atoms with Crippen molar-refractivity contribution in [1.82, 2.24) is 19.2 Å². The van der Waals surface area contributed by atoms with Crippen molar-refractivity contribution in [2.45, 2.75) is 17.5 Å². The van der Waals surface area contributed by atoms with Crippen LogP contribution in [0.15, 0.2) is 53.7 Å². The van der Waals surface area contributed by atoms with E-state index in [2.05, 4.69) is 31.3 Å². The number of fused-ring (bicyclic) bond motifs is 3. The lowest BCUT2D eigenvalue weighted by atomic mass is 10.2. The lowest BCUT2D eigenvalue weighted by Gasteiger charge is -2.02. The number of aliphatic hydroxyl groups is 1. The minimum atomic E-state index is 0.0776. The van der Waals surface area contributed by atoms with E-state index >= 15 is 0 Å². The quantitative estimate of drug-likeness (QED) is 0.586. The molecule has 0 spiro atoms. The van der Waals surface area contributed by atoms with Crippen LogP contribution in [0.1, 0.15) is 11.1 Å². The molecule has 0 atom stereocenters. The smallest absolute Gasteiger partial charge is 0.236 e. The maximum Gasteiger partial charge on any atom is 0.236 e. The molecule has 0 amide bonds. The first-order valence-corrected chi connectivity index (χ1v) is 8.36. The van der Waals surface area contributed by atoms with Crippen LogP contribution in [-0.4, -0.2) is 24.3 Å². The number of para-hydroxylation sites is 2. The second-order valence-electron chi connectivity index (χ2n) is 5.43. The zero-order chi connectivity index (χ0) is 15.8. The lowest BCUT2D eigenvalue weighted by molar-refractivity contribution is 0.282. The number of aliphatic hydroxyl groups excluding tert-OH is 1. The Bertz CT molecular complexity index is 972. The van der Waals surface area contributed by atoms with Gasteiger partial charge in [0.05, 0.1) is 17.6 Å². The van der Waals surface area contributed by atoms with Gasteiger partial charge in [0.1, 0.15) is 0 Å². The summed E-state index contributed by atoms with van der Waals surface area (Å²) in [7, 11) is 2.01. The molecule has 4 aromatic rings. The van der Waals surface area contributed by atoms with Gasteiger partial charge in [-0.05, 0) is 23.3 Å². The van der Waals surface area contributed by atoms with E-state index in [-0.39, 0.29) is 6.61 Å². The number of hydrogen-bond donors (Lipinski definition) is 1. The van der Waals surface area contributed by atoms with E-state index in [0.717, 1.165) is 33.3 Å². The Hall–Kier alpha value is -2.31. The molecule has 6 heteroatoms. The molecule has 0 aliphatic heterocycles. The van der Waals surface area contributed by atoms with Crippen molar-refractivity contribution in [2.24, 2.45) is 7.05 Å². The van der Waals surface area contributed by atoms with Crippen LogP contribution in [0.5, 0.6) is 0 Å². The van der Waals surface area contributed by atoms with E-state index in [1.807, 2.05) is 43.4 Å². The molecule has 0 saturated carbocycles. The zero-order valence-corrected chi connectivity index (χ0v) is 13.5. The molecule has 0 aliphatic carbocycles. The molecule has 0 saturated heterocycles. The fourth-order valence-corrected chi connectivity index (χ4v) is 3.61. The second-order valence-corrected chi connectivity index (χ2v) is 6.37. The summed E-state index contributed by atoms with van der Waals surface area (Å²) >= 11 is 1.66. The van der Waals surface area contributed by atoms with Gasteiger partial charge in [0.15, 0.2) is 5.16 Å². The Morgan fingerprint density at radius 1 is 0.957 bits per heavy atom. The maximum absolute atomic E-state index is 9.10. The average molecular weight is 324 g/mol. The van der Waals surface area contributed by atoms with Gasteiger partial charge in [0.25, 0.3) is 0 Å². The van der Waals surface area contributed by atoms with E-state index in [1.54, 1.807) is 11.8 Å². The molecule has 0 fully saturated rings. The fourth-order valence-electron chi connectivity index (χ4n) is 2.72. The van der Waals surface area contributed by atoms with Gasteiger partial charge in [-0.1, -0.05) is 48.2 Å². The number of nitrogens with zero attached hydrogens (tertiary/aromatic N) is 4. The minimum absolute atomic E-state index is 0.0776. The molecular weight excluding hydrogens is 308 g/mol. The van der Waals surface area contributed by atoms with E-state index < -0.39 is 0 Å². The van der Waals surface area contributed by atoms with Gasteiger partial charge < -0.3 is 9.67 Å². The molecule has 2 aromatic carbocycles. The highest BCUT2D eigenvalue weighted by molar-refractivity contribution is 7.98. The zero-order valence-electron chi connectivity index (χ0n) is 12.7. The molecule has 2 heterocycles. The Labute approximate surface area is 137 Å². The molecule has 0 radical (unpaired) electrons. The summed E-state index contributed by atoms with van der Waals surface area (Å²) in [6.45, 7) is 0.0776. The van der Waals surface area contributed by atoms with Crippen molar-refractivity contribution in [3.05, 3.63) is 59.7 Å². The molecule has 0 unspecified atom stereocenters. The lowest BCUT2D eigenvalue weighted by Crippen LogP contribution is -1.88. The molecule has 0 aliphatic rings. The summed E-state index contributed by atoms with van der Waals surface area (Å²) in [4.78, 5) is 0. The normalized spacial score (nSPS) is 11.6. The third-order valence-corrected chi connectivity index (χ3v) is 4.97.